The lowest BCUT2D eigenvalue weighted by molar-refractivity contribution is 0.0951. The SMILES string of the molecule is CCOc1ccccc1N(Cc1ccc(C(=O)NCc2cccc(F)c2)cc1)S(C)(=O)=O. The van der Waals surface area contributed by atoms with E-state index in [4.69, 9.17) is 4.74 Å². The number of carbonyl (C=O) groups is 1. The summed E-state index contributed by atoms with van der Waals surface area (Å²) in [7, 11) is -3.58. The Morgan fingerprint density at radius 1 is 1.00 bits per heavy atom. The number of hydrogen-bond acceptors (Lipinski definition) is 4. The lowest BCUT2D eigenvalue weighted by Gasteiger charge is -2.24. The maximum absolute atomic E-state index is 13.3. The molecule has 32 heavy (non-hydrogen) atoms. The van der Waals surface area contributed by atoms with E-state index in [0.717, 1.165) is 6.26 Å². The van der Waals surface area contributed by atoms with Gasteiger partial charge in [-0.25, -0.2) is 12.8 Å². The van der Waals surface area contributed by atoms with E-state index >= 15 is 0 Å². The molecule has 0 radical (unpaired) electrons. The van der Waals surface area contributed by atoms with E-state index in [2.05, 4.69) is 5.32 Å². The molecule has 0 aromatic heterocycles. The second kappa shape index (κ2) is 10.3. The van der Waals surface area contributed by atoms with Crippen molar-refractivity contribution in [2.45, 2.75) is 20.0 Å². The number of sulfonamides is 1. The van der Waals surface area contributed by atoms with Gasteiger partial charge in [0.2, 0.25) is 10.0 Å². The van der Waals surface area contributed by atoms with Crippen molar-refractivity contribution in [2.75, 3.05) is 17.2 Å². The van der Waals surface area contributed by atoms with Crippen LogP contribution in [0.1, 0.15) is 28.4 Å². The molecule has 0 saturated heterocycles. The van der Waals surface area contributed by atoms with Crippen molar-refractivity contribution in [1.29, 1.82) is 0 Å². The van der Waals surface area contributed by atoms with Crippen molar-refractivity contribution in [2.24, 2.45) is 0 Å². The average Bonchev–Trinajstić information content (AvgIpc) is 2.76. The number of benzene rings is 3. The molecular weight excluding hydrogens is 431 g/mol. The number of amides is 1. The van der Waals surface area contributed by atoms with Crippen LogP contribution < -0.4 is 14.4 Å². The van der Waals surface area contributed by atoms with Crippen LogP contribution in [0, 0.1) is 5.82 Å². The van der Waals surface area contributed by atoms with Gasteiger partial charge in [0, 0.05) is 12.1 Å². The number of halogens is 1. The van der Waals surface area contributed by atoms with Crippen LogP contribution >= 0.6 is 0 Å². The highest BCUT2D eigenvalue weighted by Gasteiger charge is 2.21. The van der Waals surface area contributed by atoms with Gasteiger partial charge in [-0.15, -0.1) is 0 Å². The van der Waals surface area contributed by atoms with Crippen LogP contribution in [0.15, 0.2) is 72.8 Å². The number of anilines is 1. The maximum atomic E-state index is 13.3. The van der Waals surface area contributed by atoms with Crippen molar-refractivity contribution in [3.05, 3.63) is 95.3 Å². The fourth-order valence-electron chi connectivity index (χ4n) is 3.18. The molecule has 8 heteroatoms. The van der Waals surface area contributed by atoms with Crippen molar-refractivity contribution in [3.8, 4) is 5.75 Å². The Kier molecular flexibility index (Phi) is 7.48. The second-order valence-corrected chi connectivity index (χ2v) is 9.09. The Balaban J connectivity index is 1.73. The van der Waals surface area contributed by atoms with Gasteiger partial charge in [0.05, 0.1) is 25.1 Å². The van der Waals surface area contributed by atoms with Crippen molar-refractivity contribution >= 4 is 21.6 Å². The summed E-state index contributed by atoms with van der Waals surface area (Å²) in [6.45, 7) is 2.54. The molecule has 0 fully saturated rings. The molecule has 0 aliphatic carbocycles. The number of nitrogens with zero attached hydrogens (tertiary/aromatic N) is 1. The van der Waals surface area contributed by atoms with Gasteiger partial charge in [0.15, 0.2) is 0 Å². The minimum atomic E-state index is -3.58. The molecule has 0 heterocycles. The predicted octanol–water partition coefficient (Wildman–Crippen LogP) is 4.12. The first kappa shape index (κ1) is 23.3. The second-order valence-electron chi connectivity index (χ2n) is 7.18. The van der Waals surface area contributed by atoms with Gasteiger partial charge in [-0.05, 0) is 54.4 Å². The molecule has 0 aliphatic heterocycles. The number of nitrogens with one attached hydrogen (secondary N) is 1. The molecule has 6 nitrogen and oxygen atoms in total. The van der Waals surface area contributed by atoms with Gasteiger partial charge in [-0.2, -0.15) is 0 Å². The van der Waals surface area contributed by atoms with Crippen LogP contribution in [0.3, 0.4) is 0 Å². The molecule has 0 saturated carbocycles. The summed E-state index contributed by atoms with van der Waals surface area (Å²) in [5.41, 5.74) is 2.25. The first-order valence-electron chi connectivity index (χ1n) is 10.1. The highest BCUT2D eigenvalue weighted by molar-refractivity contribution is 7.92. The number of carbonyl (C=O) groups excluding carboxylic acids is 1. The third kappa shape index (κ3) is 6.07. The molecule has 168 valence electrons. The fraction of sp³-hybridized carbons (Fsp3) is 0.208. The van der Waals surface area contributed by atoms with E-state index in [-0.39, 0.29) is 24.8 Å². The van der Waals surface area contributed by atoms with Gasteiger partial charge in [-0.3, -0.25) is 9.10 Å². The molecule has 0 spiro atoms. The standard InChI is InChI=1S/C24H25FN2O4S/c1-3-31-23-10-5-4-9-22(23)27(32(2,29)30)17-18-11-13-20(14-12-18)24(28)26-16-19-7-6-8-21(25)15-19/h4-15H,3,16-17H2,1-2H3,(H,26,28). The Morgan fingerprint density at radius 2 is 1.72 bits per heavy atom. The van der Waals surface area contributed by atoms with Crippen LogP contribution in [-0.2, 0) is 23.1 Å². The zero-order valence-electron chi connectivity index (χ0n) is 17.9. The summed E-state index contributed by atoms with van der Waals surface area (Å²) >= 11 is 0. The summed E-state index contributed by atoms with van der Waals surface area (Å²) in [6, 6.07) is 19.7. The maximum Gasteiger partial charge on any atom is 0.251 e. The van der Waals surface area contributed by atoms with Gasteiger partial charge in [0.1, 0.15) is 11.6 Å². The summed E-state index contributed by atoms with van der Waals surface area (Å²) < 4.78 is 45.1. The Hall–Kier alpha value is -3.39. The Bertz CT molecular complexity index is 1180. The molecule has 0 atom stereocenters. The summed E-state index contributed by atoms with van der Waals surface area (Å²) in [4.78, 5) is 12.4. The van der Waals surface area contributed by atoms with Gasteiger partial charge >= 0.3 is 0 Å². The molecule has 0 bridgehead atoms. The molecule has 1 amide bonds. The van der Waals surface area contributed by atoms with Crippen LogP contribution in [0.5, 0.6) is 5.75 Å². The Labute approximate surface area is 187 Å². The third-order valence-electron chi connectivity index (χ3n) is 4.72. The number of para-hydroxylation sites is 2. The fourth-order valence-corrected chi connectivity index (χ4v) is 4.07. The topological polar surface area (TPSA) is 75.7 Å². The number of ether oxygens (including phenoxy) is 1. The van der Waals surface area contributed by atoms with Gasteiger partial charge in [0.25, 0.3) is 5.91 Å². The summed E-state index contributed by atoms with van der Waals surface area (Å²) in [5.74, 6) is -0.182. The quantitative estimate of drug-likeness (QED) is 0.526. The molecule has 3 aromatic carbocycles. The van der Waals surface area contributed by atoms with E-state index in [1.54, 1.807) is 60.7 Å². The van der Waals surface area contributed by atoms with Crippen LogP contribution in [0.4, 0.5) is 10.1 Å². The predicted molar refractivity (Wildman–Crippen MR) is 123 cm³/mol. The van der Waals surface area contributed by atoms with Crippen molar-refractivity contribution in [3.63, 3.8) is 0 Å². The third-order valence-corrected chi connectivity index (χ3v) is 5.84. The minimum absolute atomic E-state index is 0.0914. The summed E-state index contributed by atoms with van der Waals surface area (Å²) in [6.07, 6.45) is 1.14. The van der Waals surface area contributed by atoms with Crippen molar-refractivity contribution < 1.29 is 22.3 Å². The van der Waals surface area contributed by atoms with E-state index < -0.39 is 10.0 Å². The van der Waals surface area contributed by atoms with Crippen LogP contribution in [-0.4, -0.2) is 27.2 Å². The highest BCUT2D eigenvalue weighted by atomic mass is 32.2. The number of hydrogen-bond donors (Lipinski definition) is 1. The van der Waals surface area contributed by atoms with Gasteiger partial charge in [-0.1, -0.05) is 36.4 Å². The van der Waals surface area contributed by atoms with Crippen molar-refractivity contribution in [1.82, 2.24) is 5.32 Å². The molecule has 0 aliphatic rings. The molecular formula is C24H25FN2O4S. The van der Waals surface area contributed by atoms with Gasteiger partial charge < -0.3 is 10.1 Å². The largest absolute Gasteiger partial charge is 0.492 e. The summed E-state index contributed by atoms with van der Waals surface area (Å²) in [5, 5.41) is 2.75. The van der Waals surface area contributed by atoms with E-state index in [9.17, 15) is 17.6 Å². The zero-order chi connectivity index (χ0) is 23.1. The normalized spacial score (nSPS) is 11.1. The molecule has 1 N–H and O–H groups in total. The monoisotopic (exact) mass is 456 g/mol. The van der Waals surface area contributed by atoms with Crippen LogP contribution in [0.25, 0.3) is 0 Å². The zero-order valence-corrected chi connectivity index (χ0v) is 18.7. The smallest absolute Gasteiger partial charge is 0.251 e. The van der Waals surface area contributed by atoms with E-state index in [1.165, 1.54) is 16.4 Å². The minimum Gasteiger partial charge on any atom is -0.492 e. The van der Waals surface area contributed by atoms with Crippen LogP contribution in [0.2, 0.25) is 0 Å². The first-order chi connectivity index (χ1) is 15.3. The van der Waals surface area contributed by atoms with E-state index in [0.29, 0.717) is 34.7 Å². The first-order valence-corrected chi connectivity index (χ1v) is 11.9. The van der Waals surface area contributed by atoms with E-state index in [1.807, 2.05) is 6.92 Å². The lowest BCUT2D eigenvalue weighted by atomic mass is 10.1. The molecule has 0 unspecified atom stereocenters. The average molecular weight is 457 g/mol. The molecule has 3 rings (SSSR count). The molecule has 3 aromatic rings. The Morgan fingerprint density at radius 3 is 2.38 bits per heavy atom. The lowest BCUT2D eigenvalue weighted by Crippen LogP contribution is -2.29. The highest BCUT2D eigenvalue weighted by Crippen LogP contribution is 2.31. The number of rotatable bonds is 9.